The number of benzene rings is 2. The van der Waals surface area contributed by atoms with Gasteiger partial charge in [0.2, 0.25) is 5.91 Å². The van der Waals surface area contributed by atoms with Crippen LogP contribution >= 0.6 is 11.8 Å². The number of nitrogens with one attached hydrogen (secondary N) is 1. The molecule has 0 aliphatic carbocycles. The van der Waals surface area contributed by atoms with Crippen molar-refractivity contribution in [2.75, 3.05) is 5.32 Å². The summed E-state index contributed by atoms with van der Waals surface area (Å²) in [4.78, 5) is 30.1. The van der Waals surface area contributed by atoms with Crippen LogP contribution in [0.1, 0.15) is 20.8 Å². The topological polar surface area (TPSA) is 64.0 Å². The zero-order valence-corrected chi connectivity index (χ0v) is 16.8. The van der Waals surface area contributed by atoms with Gasteiger partial charge in [0.25, 0.3) is 5.56 Å². The number of fused-ring (bicyclic) bond motifs is 1. The molecule has 0 aliphatic heterocycles. The zero-order chi connectivity index (χ0) is 20.3. The van der Waals surface area contributed by atoms with Crippen molar-refractivity contribution in [2.45, 2.75) is 37.7 Å². The molecule has 1 N–H and O–H groups in total. The Labute approximate surface area is 167 Å². The Bertz CT molecular complexity index is 1060. The van der Waals surface area contributed by atoms with E-state index in [1.807, 2.05) is 26.0 Å². The highest BCUT2D eigenvalue weighted by Gasteiger charge is 2.20. The summed E-state index contributed by atoms with van der Waals surface area (Å²) >= 11 is 1.22. The summed E-state index contributed by atoms with van der Waals surface area (Å²) in [5.74, 6) is -0.453. The van der Waals surface area contributed by atoms with Crippen LogP contribution in [0.15, 0.2) is 58.5 Å². The number of anilines is 1. The molecular formula is C21H22FN3O2S. The number of carbonyl (C=O) groups excluding carboxylic acids is 1. The van der Waals surface area contributed by atoms with Crippen molar-refractivity contribution in [3.8, 4) is 0 Å². The van der Waals surface area contributed by atoms with Gasteiger partial charge in [0.1, 0.15) is 5.82 Å². The lowest BCUT2D eigenvalue weighted by Gasteiger charge is -2.17. The molecule has 7 heteroatoms. The molecule has 1 aromatic heterocycles. The van der Waals surface area contributed by atoms with E-state index >= 15 is 0 Å². The van der Waals surface area contributed by atoms with Crippen molar-refractivity contribution < 1.29 is 9.18 Å². The summed E-state index contributed by atoms with van der Waals surface area (Å²) in [6.45, 7) is 6.30. The number of hydrogen-bond acceptors (Lipinski definition) is 4. The maximum atomic E-state index is 13.3. The molecule has 146 valence electrons. The number of rotatable bonds is 6. The van der Waals surface area contributed by atoms with Crippen LogP contribution in [-0.2, 0) is 11.3 Å². The molecule has 0 aliphatic rings. The Kier molecular flexibility index (Phi) is 6.14. The predicted octanol–water partition coefficient (Wildman–Crippen LogP) is 4.31. The molecule has 0 unspecified atom stereocenters. The first-order chi connectivity index (χ1) is 13.3. The average molecular weight is 399 g/mol. The monoisotopic (exact) mass is 399 g/mol. The maximum absolute atomic E-state index is 13.3. The van der Waals surface area contributed by atoms with Gasteiger partial charge in [-0.2, -0.15) is 0 Å². The number of aromatic nitrogens is 2. The third kappa shape index (κ3) is 4.59. The van der Waals surface area contributed by atoms with Gasteiger partial charge in [0.15, 0.2) is 5.16 Å². The first-order valence-electron chi connectivity index (χ1n) is 9.08. The summed E-state index contributed by atoms with van der Waals surface area (Å²) in [7, 11) is 0. The van der Waals surface area contributed by atoms with Gasteiger partial charge >= 0.3 is 0 Å². The molecule has 3 aromatic rings. The fourth-order valence-electron chi connectivity index (χ4n) is 2.79. The molecule has 3 rings (SSSR count). The molecule has 1 amide bonds. The molecular weight excluding hydrogens is 377 g/mol. The molecule has 1 heterocycles. The van der Waals surface area contributed by atoms with Gasteiger partial charge in [0, 0.05) is 12.2 Å². The lowest BCUT2D eigenvalue weighted by Crippen LogP contribution is -2.28. The van der Waals surface area contributed by atoms with E-state index in [1.54, 1.807) is 29.7 Å². The van der Waals surface area contributed by atoms with Crippen LogP contribution in [0.2, 0.25) is 0 Å². The van der Waals surface area contributed by atoms with Gasteiger partial charge in [-0.3, -0.25) is 14.2 Å². The number of hydrogen-bond donors (Lipinski definition) is 1. The van der Waals surface area contributed by atoms with Crippen molar-refractivity contribution in [1.29, 1.82) is 0 Å². The van der Waals surface area contributed by atoms with Crippen molar-refractivity contribution in [1.82, 2.24) is 9.55 Å². The molecule has 0 saturated carbocycles. The summed E-state index contributed by atoms with van der Waals surface area (Å²) in [6.07, 6.45) is 0. The Morgan fingerprint density at radius 1 is 1.18 bits per heavy atom. The van der Waals surface area contributed by atoms with Crippen molar-refractivity contribution in [3.63, 3.8) is 0 Å². The minimum absolute atomic E-state index is 0.112. The number of amides is 1. The largest absolute Gasteiger partial charge is 0.325 e. The van der Waals surface area contributed by atoms with Gasteiger partial charge in [-0.05, 0) is 43.2 Å². The zero-order valence-electron chi connectivity index (χ0n) is 16.0. The van der Waals surface area contributed by atoms with E-state index in [9.17, 15) is 14.0 Å². The van der Waals surface area contributed by atoms with Crippen LogP contribution in [0.25, 0.3) is 10.9 Å². The minimum Gasteiger partial charge on any atom is -0.325 e. The first kappa shape index (κ1) is 20.1. The van der Waals surface area contributed by atoms with Crippen LogP contribution in [-0.4, -0.2) is 20.7 Å². The minimum atomic E-state index is -0.519. The SMILES string of the molecule is CC(C)Cn1c(S[C@@H](C)C(=O)Nc2cccc(F)c2)nc2ccccc2c1=O. The second kappa shape index (κ2) is 8.56. The van der Waals surface area contributed by atoms with Crippen LogP contribution in [0.4, 0.5) is 10.1 Å². The van der Waals surface area contributed by atoms with Gasteiger partial charge in [-0.25, -0.2) is 9.37 Å². The van der Waals surface area contributed by atoms with E-state index in [2.05, 4.69) is 10.3 Å². The lowest BCUT2D eigenvalue weighted by atomic mass is 10.2. The lowest BCUT2D eigenvalue weighted by molar-refractivity contribution is -0.115. The quantitative estimate of drug-likeness (QED) is 0.496. The number of halogens is 1. The standard InChI is InChI=1S/C21H22FN3O2S/c1-13(2)12-25-20(27)17-9-4-5-10-18(17)24-21(25)28-14(3)19(26)23-16-8-6-7-15(22)11-16/h4-11,13-14H,12H2,1-3H3,(H,23,26)/t14-/m0/s1. The first-order valence-corrected chi connectivity index (χ1v) is 9.96. The van der Waals surface area contributed by atoms with E-state index in [4.69, 9.17) is 0 Å². The van der Waals surface area contributed by atoms with E-state index in [0.717, 1.165) is 0 Å². The Morgan fingerprint density at radius 2 is 1.93 bits per heavy atom. The van der Waals surface area contributed by atoms with Gasteiger partial charge in [-0.1, -0.05) is 43.8 Å². The highest BCUT2D eigenvalue weighted by Crippen LogP contribution is 2.24. The van der Waals surface area contributed by atoms with Gasteiger partial charge in [-0.15, -0.1) is 0 Å². The van der Waals surface area contributed by atoms with Gasteiger partial charge < -0.3 is 5.32 Å². The molecule has 0 saturated heterocycles. The number of carbonyl (C=O) groups is 1. The molecule has 0 spiro atoms. The Morgan fingerprint density at radius 3 is 2.64 bits per heavy atom. The van der Waals surface area contributed by atoms with Crippen LogP contribution < -0.4 is 10.9 Å². The number of thioether (sulfide) groups is 1. The molecule has 2 aromatic carbocycles. The fourth-order valence-corrected chi connectivity index (χ4v) is 3.70. The van der Waals surface area contributed by atoms with Gasteiger partial charge in [0.05, 0.1) is 16.2 Å². The third-order valence-corrected chi connectivity index (χ3v) is 5.21. The molecule has 28 heavy (non-hydrogen) atoms. The summed E-state index contributed by atoms with van der Waals surface area (Å²) in [5, 5.41) is 3.24. The Hall–Kier alpha value is -2.67. The molecule has 1 atom stereocenters. The molecule has 0 bridgehead atoms. The maximum Gasteiger partial charge on any atom is 0.262 e. The highest BCUT2D eigenvalue weighted by atomic mass is 32.2. The normalized spacial score (nSPS) is 12.3. The van der Waals surface area contributed by atoms with Crippen LogP contribution in [0, 0.1) is 11.7 Å². The molecule has 5 nitrogen and oxygen atoms in total. The van der Waals surface area contributed by atoms with Crippen molar-refractivity contribution in [3.05, 3.63) is 64.7 Å². The van der Waals surface area contributed by atoms with Crippen LogP contribution in [0.3, 0.4) is 0 Å². The highest BCUT2D eigenvalue weighted by molar-refractivity contribution is 8.00. The number of nitrogens with zero attached hydrogens (tertiary/aromatic N) is 2. The molecule has 0 fully saturated rings. The molecule has 0 radical (unpaired) electrons. The Balaban J connectivity index is 1.89. The van der Waals surface area contributed by atoms with E-state index in [0.29, 0.717) is 28.3 Å². The second-order valence-electron chi connectivity index (χ2n) is 6.98. The second-order valence-corrected chi connectivity index (χ2v) is 8.29. The average Bonchev–Trinajstić information content (AvgIpc) is 2.64. The summed E-state index contributed by atoms with van der Waals surface area (Å²) in [6, 6.07) is 12.9. The van der Waals surface area contributed by atoms with E-state index < -0.39 is 11.1 Å². The fraction of sp³-hybridized carbons (Fsp3) is 0.286. The van der Waals surface area contributed by atoms with E-state index in [1.165, 1.54) is 30.0 Å². The van der Waals surface area contributed by atoms with Crippen molar-refractivity contribution in [2.24, 2.45) is 5.92 Å². The summed E-state index contributed by atoms with van der Waals surface area (Å²) < 4.78 is 15.0. The third-order valence-electron chi connectivity index (χ3n) is 4.12. The van der Waals surface area contributed by atoms with Crippen LogP contribution in [0.5, 0.6) is 0 Å². The predicted molar refractivity (Wildman–Crippen MR) is 111 cm³/mol. The number of para-hydroxylation sites is 1. The van der Waals surface area contributed by atoms with E-state index in [-0.39, 0.29) is 17.4 Å². The summed E-state index contributed by atoms with van der Waals surface area (Å²) in [5.41, 5.74) is 0.885. The smallest absolute Gasteiger partial charge is 0.262 e. The van der Waals surface area contributed by atoms with Crippen molar-refractivity contribution >= 4 is 34.3 Å².